The number of allylic oxidation sites excluding steroid dienone is 3. The molecule has 0 aliphatic heterocycles. The molecule has 33 heavy (non-hydrogen) atoms. The summed E-state index contributed by atoms with van der Waals surface area (Å²) in [5, 5.41) is 7.15. The Bertz CT molecular complexity index is 633. The summed E-state index contributed by atoms with van der Waals surface area (Å²) >= 11 is 0. The lowest BCUT2D eigenvalue weighted by Gasteiger charge is -2.16. The highest BCUT2D eigenvalue weighted by atomic mass is 19.1. The van der Waals surface area contributed by atoms with Crippen LogP contribution in [0.1, 0.15) is 111 Å². The van der Waals surface area contributed by atoms with Crippen LogP contribution in [0.25, 0.3) is 0 Å². The van der Waals surface area contributed by atoms with Gasteiger partial charge in [-0.25, -0.2) is 4.39 Å². The maximum atomic E-state index is 12.9. The van der Waals surface area contributed by atoms with Gasteiger partial charge in [0.2, 0.25) is 0 Å². The average Bonchev–Trinajstić information content (AvgIpc) is 2.84. The van der Waals surface area contributed by atoms with Crippen LogP contribution in [-0.4, -0.2) is 12.0 Å². The van der Waals surface area contributed by atoms with Crippen LogP contribution in [0, 0.1) is 29.0 Å². The van der Waals surface area contributed by atoms with Gasteiger partial charge in [0, 0.05) is 17.7 Å². The van der Waals surface area contributed by atoms with Crippen LogP contribution in [0.15, 0.2) is 48.6 Å². The fourth-order valence-electron chi connectivity index (χ4n) is 3.46. The maximum absolute atomic E-state index is 12.9. The minimum atomic E-state index is -0.359. The molecule has 0 aliphatic rings. The zero-order valence-corrected chi connectivity index (χ0v) is 23.0. The monoisotopic (exact) mass is 461 g/mol. The van der Waals surface area contributed by atoms with E-state index in [0.29, 0.717) is 18.4 Å². The molecule has 0 fully saturated rings. The van der Waals surface area contributed by atoms with Crippen LogP contribution in [0.2, 0.25) is 0 Å². The molecule has 0 saturated carbocycles. The van der Waals surface area contributed by atoms with Crippen molar-refractivity contribution >= 4 is 12.0 Å². The first-order valence-electron chi connectivity index (χ1n) is 12.9. The van der Waals surface area contributed by atoms with E-state index in [0.717, 1.165) is 17.4 Å². The summed E-state index contributed by atoms with van der Waals surface area (Å²) in [5.74, 6) is 1.13. The number of carbonyl (C=O) groups excluding carboxylic acids is 1. The first-order chi connectivity index (χ1) is 15.8. The summed E-state index contributed by atoms with van der Waals surface area (Å²) < 4.78 is 12.9. The summed E-state index contributed by atoms with van der Waals surface area (Å²) in [6, 6.07) is 5.55. The number of nitrogens with one attached hydrogen (secondary N) is 1. The topological polar surface area (TPSA) is 40.9 Å². The summed E-state index contributed by atoms with van der Waals surface area (Å²) in [6.45, 7) is 22.9. The van der Waals surface area contributed by atoms with E-state index in [2.05, 4.69) is 34.3 Å². The van der Waals surface area contributed by atoms with E-state index in [9.17, 15) is 9.18 Å². The molecule has 0 aliphatic carbocycles. The molecule has 0 radical (unpaired) electrons. The van der Waals surface area contributed by atoms with Crippen LogP contribution >= 0.6 is 0 Å². The Morgan fingerprint density at radius 1 is 1.03 bits per heavy atom. The third kappa shape index (κ3) is 17.2. The van der Waals surface area contributed by atoms with Crippen LogP contribution in [-0.2, 0) is 0 Å². The van der Waals surface area contributed by atoms with Gasteiger partial charge in [0.1, 0.15) is 5.82 Å². The molecule has 2 nitrogen and oxygen atoms in total. The number of carbonyl (C=O) groups is 1. The molecule has 1 aromatic rings. The SMILES string of the molecule is C=CCC(C(=O)c1ccc(F)cc1)/C(=C/C=N)CC.CC.CC.CCCC(C)CC(C)CC. The van der Waals surface area contributed by atoms with Crippen molar-refractivity contribution < 1.29 is 9.18 Å². The molecular weight excluding hydrogens is 409 g/mol. The Morgan fingerprint density at radius 2 is 1.58 bits per heavy atom. The minimum Gasteiger partial charge on any atom is -0.309 e. The fraction of sp³-hybridized carbons (Fsp3) is 0.600. The molecule has 3 heteroatoms. The number of Topliss-reactive ketones (excluding diaryl/α,β-unsaturated/α-hetero) is 1. The van der Waals surface area contributed by atoms with Gasteiger partial charge in [0.25, 0.3) is 0 Å². The lowest BCUT2D eigenvalue weighted by Crippen LogP contribution is -2.17. The molecular formula is C30H52FNO. The highest BCUT2D eigenvalue weighted by Gasteiger charge is 2.21. The fourth-order valence-corrected chi connectivity index (χ4v) is 3.46. The lowest BCUT2D eigenvalue weighted by molar-refractivity contribution is 0.0939. The predicted molar refractivity (Wildman–Crippen MR) is 147 cm³/mol. The van der Waals surface area contributed by atoms with Gasteiger partial charge >= 0.3 is 0 Å². The van der Waals surface area contributed by atoms with E-state index < -0.39 is 0 Å². The Morgan fingerprint density at radius 3 is 1.97 bits per heavy atom. The number of hydrogen-bond acceptors (Lipinski definition) is 2. The van der Waals surface area contributed by atoms with Gasteiger partial charge < -0.3 is 5.41 Å². The first kappa shape index (κ1) is 35.6. The van der Waals surface area contributed by atoms with E-state index in [1.165, 1.54) is 56.2 Å². The largest absolute Gasteiger partial charge is 0.309 e. The molecule has 0 aromatic heterocycles. The predicted octanol–water partition coefficient (Wildman–Crippen LogP) is 10.1. The molecule has 190 valence electrons. The van der Waals surface area contributed by atoms with Gasteiger partial charge in [-0.05, 0) is 61.4 Å². The Kier molecular flexibility index (Phi) is 26.5. The Labute approximate surface area is 205 Å². The third-order valence-electron chi connectivity index (χ3n) is 5.28. The van der Waals surface area contributed by atoms with E-state index in [-0.39, 0.29) is 17.5 Å². The maximum Gasteiger partial charge on any atom is 0.170 e. The van der Waals surface area contributed by atoms with Crippen LogP contribution in [0.4, 0.5) is 4.39 Å². The number of benzene rings is 1. The smallest absolute Gasteiger partial charge is 0.170 e. The van der Waals surface area contributed by atoms with E-state index in [1.54, 1.807) is 12.2 Å². The number of hydrogen-bond donors (Lipinski definition) is 1. The molecule has 3 atom stereocenters. The minimum absolute atomic E-state index is 0.0603. The zero-order valence-electron chi connectivity index (χ0n) is 23.0. The Balaban J connectivity index is -0.000000544. The second-order valence-electron chi connectivity index (χ2n) is 7.85. The van der Waals surface area contributed by atoms with Crippen molar-refractivity contribution in [3.05, 3.63) is 60.0 Å². The Hall–Kier alpha value is -2.03. The van der Waals surface area contributed by atoms with Gasteiger partial charge in [-0.1, -0.05) is 93.2 Å². The van der Waals surface area contributed by atoms with Crippen molar-refractivity contribution in [1.29, 1.82) is 5.41 Å². The van der Waals surface area contributed by atoms with Crippen LogP contribution in [0.5, 0.6) is 0 Å². The van der Waals surface area contributed by atoms with Gasteiger partial charge in [-0.15, -0.1) is 6.58 Å². The lowest BCUT2D eigenvalue weighted by atomic mass is 9.86. The second-order valence-corrected chi connectivity index (χ2v) is 7.85. The molecule has 0 spiro atoms. The number of ketones is 1. The van der Waals surface area contributed by atoms with Crippen molar-refractivity contribution in [3.63, 3.8) is 0 Å². The standard InChI is InChI=1S/C16H18FNO.C10H22.2C2H6/c1-3-5-15(12(4-2)10-11-18)16(19)13-6-8-14(17)9-7-13;1-5-7-10(4)8-9(3)6-2;2*1-2/h3,6-11,15,18H,1,4-5H2,2H3;9-10H,5-8H2,1-4H3;2*1-2H3/b12-10+,18-11?;;;. The molecule has 0 amide bonds. The molecule has 1 N–H and O–H groups in total. The van der Waals surface area contributed by atoms with Crippen molar-refractivity contribution in [2.45, 2.75) is 101 Å². The average molecular weight is 462 g/mol. The normalized spacial score (nSPS) is 12.8. The molecule has 3 unspecified atom stereocenters. The zero-order chi connectivity index (χ0) is 26.2. The first-order valence-corrected chi connectivity index (χ1v) is 12.9. The highest BCUT2D eigenvalue weighted by molar-refractivity contribution is 6.00. The molecule has 1 rings (SSSR count). The second kappa shape index (κ2) is 24.6. The number of halogens is 1. The summed E-state index contributed by atoms with van der Waals surface area (Å²) in [4.78, 5) is 12.4. The van der Waals surface area contributed by atoms with Crippen molar-refractivity contribution in [1.82, 2.24) is 0 Å². The quantitative estimate of drug-likeness (QED) is 0.188. The molecule has 1 aromatic carbocycles. The van der Waals surface area contributed by atoms with Gasteiger partial charge in [0.05, 0.1) is 0 Å². The highest BCUT2D eigenvalue weighted by Crippen LogP contribution is 2.24. The summed E-state index contributed by atoms with van der Waals surface area (Å²) in [5.41, 5.74) is 1.38. The van der Waals surface area contributed by atoms with E-state index in [1.807, 2.05) is 34.6 Å². The van der Waals surface area contributed by atoms with Crippen molar-refractivity contribution in [2.75, 3.05) is 0 Å². The molecule has 0 heterocycles. The van der Waals surface area contributed by atoms with Crippen molar-refractivity contribution in [3.8, 4) is 0 Å². The van der Waals surface area contributed by atoms with E-state index >= 15 is 0 Å². The summed E-state index contributed by atoms with van der Waals surface area (Å²) in [7, 11) is 0. The van der Waals surface area contributed by atoms with Crippen LogP contribution < -0.4 is 0 Å². The van der Waals surface area contributed by atoms with E-state index in [4.69, 9.17) is 5.41 Å². The van der Waals surface area contributed by atoms with Crippen LogP contribution in [0.3, 0.4) is 0 Å². The molecule has 0 bridgehead atoms. The van der Waals surface area contributed by atoms with Gasteiger partial charge in [-0.3, -0.25) is 4.79 Å². The summed E-state index contributed by atoms with van der Waals surface area (Å²) in [6.07, 6.45) is 11.3. The number of rotatable bonds is 12. The third-order valence-corrected chi connectivity index (χ3v) is 5.28. The van der Waals surface area contributed by atoms with Gasteiger partial charge in [-0.2, -0.15) is 0 Å². The molecule has 0 saturated heterocycles. The van der Waals surface area contributed by atoms with Gasteiger partial charge in [0.15, 0.2) is 5.78 Å². The van der Waals surface area contributed by atoms with Crippen molar-refractivity contribution in [2.24, 2.45) is 17.8 Å².